The molecule has 1 amide bonds. The van der Waals surface area contributed by atoms with Crippen LogP contribution in [0.2, 0.25) is 10.0 Å². The van der Waals surface area contributed by atoms with Crippen molar-refractivity contribution in [1.29, 1.82) is 0 Å². The highest BCUT2D eigenvalue weighted by Gasteiger charge is 2.21. The van der Waals surface area contributed by atoms with Gasteiger partial charge in [0.2, 0.25) is 5.91 Å². The SMILES string of the molecule is CC(C)(CC(N)=O)NCC(O)COc1cc(Cl)ccc1Cl. The van der Waals surface area contributed by atoms with Crippen LogP contribution in [0, 0.1) is 0 Å². The van der Waals surface area contributed by atoms with Crippen molar-refractivity contribution in [3.63, 3.8) is 0 Å². The molecule has 0 heterocycles. The van der Waals surface area contributed by atoms with Crippen LogP contribution < -0.4 is 15.8 Å². The molecule has 0 aromatic heterocycles. The lowest BCUT2D eigenvalue weighted by molar-refractivity contribution is -0.119. The van der Waals surface area contributed by atoms with Crippen LogP contribution in [0.5, 0.6) is 5.75 Å². The Bertz CT molecular complexity index is 495. The molecule has 1 rings (SSSR count). The predicted octanol–water partition coefficient (Wildman–Crippen LogP) is 1.98. The van der Waals surface area contributed by atoms with Crippen molar-refractivity contribution in [2.24, 2.45) is 5.73 Å². The highest BCUT2D eigenvalue weighted by Crippen LogP contribution is 2.27. The largest absolute Gasteiger partial charge is 0.489 e. The van der Waals surface area contributed by atoms with Crippen LogP contribution in [-0.2, 0) is 4.79 Å². The summed E-state index contributed by atoms with van der Waals surface area (Å²) in [5.74, 6) is 0.0172. The van der Waals surface area contributed by atoms with Crippen LogP contribution >= 0.6 is 23.2 Å². The zero-order chi connectivity index (χ0) is 16.0. The molecule has 7 heteroatoms. The number of carbonyl (C=O) groups is 1. The fraction of sp³-hybridized carbons (Fsp3) is 0.500. The number of nitrogens with one attached hydrogen (secondary N) is 1. The quantitative estimate of drug-likeness (QED) is 0.678. The van der Waals surface area contributed by atoms with Gasteiger partial charge in [0.1, 0.15) is 18.5 Å². The highest BCUT2D eigenvalue weighted by atomic mass is 35.5. The van der Waals surface area contributed by atoms with Gasteiger partial charge >= 0.3 is 0 Å². The second kappa shape index (κ2) is 7.84. The second-order valence-electron chi connectivity index (χ2n) is 5.45. The Balaban J connectivity index is 2.42. The van der Waals surface area contributed by atoms with Crippen molar-refractivity contribution in [1.82, 2.24) is 5.32 Å². The molecule has 0 fully saturated rings. The van der Waals surface area contributed by atoms with Crippen molar-refractivity contribution in [3.8, 4) is 5.75 Å². The third-order valence-electron chi connectivity index (χ3n) is 2.76. The fourth-order valence-corrected chi connectivity index (χ4v) is 2.06. The van der Waals surface area contributed by atoms with Crippen LogP contribution in [0.1, 0.15) is 20.3 Å². The predicted molar refractivity (Wildman–Crippen MR) is 83.9 cm³/mol. The van der Waals surface area contributed by atoms with Gasteiger partial charge in [0.25, 0.3) is 0 Å². The zero-order valence-corrected chi connectivity index (χ0v) is 13.5. The number of nitrogens with two attached hydrogens (primary N) is 1. The average Bonchev–Trinajstić information content (AvgIpc) is 2.36. The van der Waals surface area contributed by atoms with E-state index >= 15 is 0 Å². The van der Waals surface area contributed by atoms with E-state index in [0.717, 1.165) is 0 Å². The monoisotopic (exact) mass is 334 g/mol. The molecule has 1 unspecified atom stereocenters. The third kappa shape index (κ3) is 7.00. The van der Waals surface area contributed by atoms with Gasteiger partial charge in [0, 0.05) is 29.6 Å². The number of β-amino-alcohol motifs (C(OH)–C–C–N with tert-alkyl or cyclic N) is 1. The molecule has 4 N–H and O–H groups in total. The van der Waals surface area contributed by atoms with E-state index in [0.29, 0.717) is 15.8 Å². The first kappa shape index (κ1) is 18.0. The van der Waals surface area contributed by atoms with Crippen LogP contribution in [0.4, 0.5) is 0 Å². The first-order valence-electron chi connectivity index (χ1n) is 6.49. The maximum absolute atomic E-state index is 10.9. The summed E-state index contributed by atoms with van der Waals surface area (Å²) in [6, 6.07) is 4.86. The number of benzene rings is 1. The lowest BCUT2D eigenvalue weighted by Crippen LogP contribution is -2.46. The first-order chi connectivity index (χ1) is 9.69. The Morgan fingerprint density at radius 3 is 2.76 bits per heavy atom. The zero-order valence-electron chi connectivity index (χ0n) is 12.0. The van der Waals surface area contributed by atoms with Crippen molar-refractivity contribution in [2.75, 3.05) is 13.2 Å². The summed E-state index contributed by atoms with van der Waals surface area (Å²) in [4.78, 5) is 10.9. The number of hydrogen-bond donors (Lipinski definition) is 3. The molecule has 118 valence electrons. The van der Waals surface area contributed by atoms with Crippen molar-refractivity contribution < 1.29 is 14.6 Å². The summed E-state index contributed by atoms with van der Waals surface area (Å²) >= 11 is 11.8. The Labute approximate surface area is 134 Å². The van der Waals surface area contributed by atoms with E-state index in [1.807, 2.05) is 13.8 Å². The lowest BCUT2D eigenvalue weighted by Gasteiger charge is -2.26. The number of primary amides is 1. The van der Waals surface area contributed by atoms with Gasteiger partial charge in [-0.25, -0.2) is 0 Å². The Hall–Kier alpha value is -1.01. The van der Waals surface area contributed by atoms with E-state index < -0.39 is 17.6 Å². The van der Waals surface area contributed by atoms with E-state index in [-0.39, 0.29) is 19.6 Å². The molecule has 1 aromatic carbocycles. The van der Waals surface area contributed by atoms with Crippen molar-refractivity contribution >= 4 is 29.1 Å². The van der Waals surface area contributed by atoms with Gasteiger partial charge in [0.15, 0.2) is 0 Å². The van der Waals surface area contributed by atoms with Gasteiger partial charge in [-0.2, -0.15) is 0 Å². The van der Waals surface area contributed by atoms with Crippen LogP contribution in [0.3, 0.4) is 0 Å². The molecule has 0 spiro atoms. The fourth-order valence-electron chi connectivity index (χ4n) is 1.72. The van der Waals surface area contributed by atoms with Gasteiger partial charge in [-0.15, -0.1) is 0 Å². The molecule has 0 saturated heterocycles. The molecule has 1 atom stereocenters. The number of hydrogen-bond acceptors (Lipinski definition) is 4. The number of aliphatic hydroxyl groups excluding tert-OH is 1. The molecule has 0 saturated carbocycles. The van der Waals surface area contributed by atoms with Crippen molar-refractivity contribution in [3.05, 3.63) is 28.2 Å². The number of halogens is 2. The maximum Gasteiger partial charge on any atom is 0.219 e. The van der Waals surface area contributed by atoms with Gasteiger partial charge in [-0.05, 0) is 26.0 Å². The van der Waals surface area contributed by atoms with Crippen LogP contribution in [0.15, 0.2) is 18.2 Å². The lowest BCUT2D eigenvalue weighted by atomic mass is 10.0. The molecule has 5 nitrogen and oxygen atoms in total. The summed E-state index contributed by atoms with van der Waals surface area (Å²) in [5.41, 5.74) is 4.67. The number of ether oxygens (including phenoxy) is 1. The van der Waals surface area contributed by atoms with Crippen LogP contribution in [-0.4, -0.2) is 35.8 Å². The number of amides is 1. The highest BCUT2D eigenvalue weighted by molar-refractivity contribution is 6.34. The van der Waals surface area contributed by atoms with E-state index in [1.165, 1.54) is 0 Å². The van der Waals surface area contributed by atoms with E-state index in [9.17, 15) is 9.90 Å². The molecular formula is C14H20Cl2N2O3. The second-order valence-corrected chi connectivity index (χ2v) is 6.29. The minimum absolute atomic E-state index is 0.0553. The molecule has 0 radical (unpaired) electrons. The standard InChI is InChI=1S/C14H20Cl2N2O3/c1-14(2,6-13(17)20)18-7-10(19)8-21-12-5-9(15)3-4-11(12)16/h3-5,10,18-19H,6-8H2,1-2H3,(H2,17,20). The van der Waals surface area contributed by atoms with Gasteiger partial charge in [0.05, 0.1) is 5.02 Å². The molecule has 0 aliphatic rings. The minimum Gasteiger partial charge on any atom is -0.489 e. The Kier molecular flexibility index (Phi) is 6.74. The molecule has 0 aliphatic carbocycles. The molecule has 1 aromatic rings. The summed E-state index contributed by atoms with van der Waals surface area (Å²) in [6.45, 7) is 3.98. The molecule has 21 heavy (non-hydrogen) atoms. The maximum atomic E-state index is 10.9. The van der Waals surface area contributed by atoms with Gasteiger partial charge in [-0.1, -0.05) is 23.2 Å². The topological polar surface area (TPSA) is 84.6 Å². The summed E-state index contributed by atoms with van der Waals surface area (Å²) in [7, 11) is 0. The summed E-state index contributed by atoms with van der Waals surface area (Å²) < 4.78 is 5.43. The number of rotatable bonds is 8. The van der Waals surface area contributed by atoms with E-state index in [4.69, 9.17) is 33.7 Å². The minimum atomic E-state index is -0.757. The Morgan fingerprint density at radius 1 is 1.48 bits per heavy atom. The first-order valence-corrected chi connectivity index (χ1v) is 7.24. The van der Waals surface area contributed by atoms with Gasteiger partial charge in [-0.3, -0.25) is 4.79 Å². The van der Waals surface area contributed by atoms with E-state index in [1.54, 1.807) is 18.2 Å². The molecular weight excluding hydrogens is 315 g/mol. The average molecular weight is 335 g/mol. The summed E-state index contributed by atoms with van der Waals surface area (Å²) in [5, 5.41) is 13.9. The van der Waals surface area contributed by atoms with Crippen LogP contribution in [0.25, 0.3) is 0 Å². The number of carbonyl (C=O) groups excluding carboxylic acids is 1. The summed E-state index contributed by atoms with van der Waals surface area (Å²) in [6.07, 6.45) is -0.576. The van der Waals surface area contributed by atoms with E-state index in [2.05, 4.69) is 5.32 Å². The molecule has 0 bridgehead atoms. The Morgan fingerprint density at radius 2 is 2.14 bits per heavy atom. The number of aliphatic hydroxyl groups is 1. The van der Waals surface area contributed by atoms with Gasteiger partial charge < -0.3 is 20.9 Å². The molecule has 0 aliphatic heterocycles. The van der Waals surface area contributed by atoms with Crippen molar-refractivity contribution in [2.45, 2.75) is 31.9 Å². The normalized spacial score (nSPS) is 13.0. The smallest absolute Gasteiger partial charge is 0.219 e. The third-order valence-corrected chi connectivity index (χ3v) is 3.30.